The number of fused-ring (bicyclic) bond motifs is 1. The van der Waals surface area contributed by atoms with Crippen molar-refractivity contribution in [2.75, 3.05) is 25.5 Å². The molecule has 170 valence electrons. The number of halogens is 1. The van der Waals surface area contributed by atoms with Crippen LogP contribution >= 0.6 is 11.6 Å². The standard InChI is InChI=1S/C21H23ClN4O5S/c1-4-26(5-2)32(29,30)15-7-9-19(31-3)18(11-15)24-20(27)12-25-13-23-17-10-14(22)6-8-16(17)21(25)28/h6-11,13H,4-5,12H2,1-3H3,(H,24,27). The zero-order chi connectivity index (χ0) is 23.5. The number of nitrogens with zero attached hydrogens (tertiary/aromatic N) is 3. The molecule has 0 radical (unpaired) electrons. The lowest BCUT2D eigenvalue weighted by molar-refractivity contribution is -0.116. The van der Waals surface area contributed by atoms with Crippen LogP contribution in [0.15, 0.2) is 52.4 Å². The van der Waals surface area contributed by atoms with Gasteiger partial charge in [-0.3, -0.25) is 14.2 Å². The number of methoxy groups -OCH3 is 1. The Morgan fingerprint density at radius 1 is 1.19 bits per heavy atom. The van der Waals surface area contributed by atoms with Crippen molar-refractivity contribution in [1.29, 1.82) is 0 Å². The molecule has 1 amide bonds. The maximum atomic E-state index is 12.8. The fraction of sp³-hybridized carbons (Fsp3) is 0.286. The Labute approximate surface area is 190 Å². The van der Waals surface area contributed by atoms with Crippen molar-refractivity contribution >= 4 is 44.1 Å². The van der Waals surface area contributed by atoms with E-state index in [4.69, 9.17) is 16.3 Å². The highest BCUT2D eigenvalue weighted by Crippen LogP contribution is 2.29. The molecule has 3 rings (SSSR count). The van der Waals surface area contributed by atoms with Crippen LogP contribution in [0.3, 0.4) is 0 Å². The molecule has 1 aromatic heterocycles. The number of carbonyl (C=O) groups is 1. The second-order valence-electron chi connectivity index (χ2n) is 6.84. The van der Waals surface area contributed by atoms with Gasteiger partial charge < -0.3 is 10.1 Å². The van der Waals surface area contributed by atoms with Gasteiger partial charge in [-0.15, -0.1) is 0 Å². The molecule has 0 spiro atoms. The first-order chi connectivity index (χ1) is 15.2. The minimum absolute atomic E-state index is 0.0266. The zero-order valence-corrected chi connectivity index (χ0v) is 19.4. The van der Waals surface area contributed by atoms with Crippen LogP contribution in [0.1, 0.15) is 13.8 Å². The Morgan fingerprint density at radius 3 is 2.56 bits per heavy atom. The maximum Gasteiger partial charge on any atom is 0.261 e. The molecule has 0 aliphatic heterocycles. The average Bonchev–Trinajstić information content (AvgIpc) is 2.76. The fourth-order valence-corrected chi connectivity index (χ4v) is 4.90. The monoisotopic (exact) mass is 478 g/mol. The van der Waals surface area contributed by atoms with Crippen LogP contribution in [-0.4, -0.2) is 48.4 Å². The zero-order valence-electron chi connectivity index (χ0n) is 17.8. The predicted molar refractivity (Wildman–Crippen MR) is 123 cm³/mol. The summed E-state index contributed by atoms with van der Waals surface area (Å²) in [6, 6.07) is 8.92. The molecule has 0 atom stereocenters. The molecule has 9 nitrogen and oxygen atoms in total. The van der Waals surface area contributed by atoms with Crippen LogP contribution in [0.2, 0.25) is 5.02 Å². The summed E-state index contributed by atoms with van der Waals surface area (Å²) in [5, 5.41) is 3.41. The van der Waals surface area contributed by atoms with E-state index in [0.29, 0.717) is 29.0 Å². The van der Waals surface area contributed by atoms with Gasteiger partial charge in [-0.1, -0.05) is 25.4 Å². The third-order valence-corrected chi connectivity index (χ3v) is 7.17. The first kappa shape index (κ1) is 23.7. The van der Waals surface area contributed by atoms with Gasteiger partial charge in [-0.05, 0) is 36.4 Å². The van der Waals surface area contributed by atoms with Gasteiger partial charge in [-0.2, -0.15) is 4.31 Å². The van der Waals surface area contributed by atoms with Crippen LogP contribution in [-0.2, 0) is 21.4 Å². The van der Waals surface area contributed by atoms with Crippen molar-refractivity contribution < 1.29 is 17.9 Å². The van der Waals surface area contributed by atoms with Crippen LogP contribution in [0, 0.1) is 0 Å². The third kappa shape index (κ3) is 4.77. The normalized spacial score (nSPS) is 11.7. The van der Waals surface area contributed by atoms with Crippen molar-refractivity contribution in [2.45, 2.75) is 25.3 Å². The van der Waals surface area contributed by atoms with Crippen LogP contribution < -0.4 is 15.6 Å². The summed E-state index contributed by atoms with van der Waals surface area (Å²) >= 11 is 5.93. The van der Waals surface area contributed by atoms with Crippen molar-refractivity contribution in [3.05, 3.63) is 58.1 Å². The van der Waals surface area contributed by atoms with Crippen molar-refractivity contribution in [2.24, 2.45) is 0 Å². The van der Waals surface area contributed by atoms with Gasteiger partial charge in [0.1, 0.15) is 12.3 Å². The van der Waals surface area contributed by atoms with E-state index in [2.05, 4.69) is 10.3 Å². The molecule has 0 aliphatic rings. The number of aromatic nitrogens is 2. The van der Waals surface area contributed by atoms with E-state index < -0.39 is 21.5 Å². The van der Waals surface area contributed by atoms with E-state index in [1.807, 2.05) is 0 Å². The number of sulfonamides is 1. The average molecular weight is 479 g/mol. The number of carbonyl (C=O) groups excluding carboxylic acids is 1. The van der Waals surface area contributed by atoms with Crippen LogP contribution in [0.25, 0.3) is 10.9 Å². The van der Waals surface area contributed by atoms with E-state index >= 15 is 0 Å². The van der Waals surface area contributed by atoms with Crippen molar-refractivity contribution in [1.82, 2.24) is 13.9 Å². The maximum absolute atomic E-state index is 12.8. The van der Waals surface area contributed by atoms with E-state index in [1.54, 1.807) is 32.0 Å². The van der Waals surface area contributed by atoms with Gasteiger partial charge in [0.15, 0.2) is 0 Å². The molecule has 0 fully saturated rings. The Bertz CT molecular complexity index is 1320. The van der Waals surface area contributed by atoms with Gasteiger partial charge in [0.25, 0.3) is 5.56 Å². The van der Waals surface area contributed by atoms with Gasteiger partial charge in [0, 0.05) is 18.1 Å². The summed E-state index contributed by atoms with van der Waals surface area (Å²) < 4.78 is 33.4. The van der Waals surface area contributed by atoms with Gasteiger partial charge in [0.2, 0.25) is 15.9 Å². The predicted octanol–water partition coefficient (Wildman–Crippen LogP) is 2.73. The molecule has 0 unspecified atom stereocenters. The Balaban J connectivity index is 1.89. The Kier molecular flexibility index (Phi) is 7.17. The molecular formula is C21H23ClN4O5S. The summed E-state index contributed by atoms with van der Waals surface area (Å²) in [7, 11) is -2.32. The minimum atomic E-state index is -3.73. The molecular weight excluding hydrogens is 456 g/mol. The summed E-state index contributed by atoms with van der Waals surface area (Å²) in [5.74, 6) is -0.256. The lowest BCUT2D eigenvalue weighted by atomic mass is 10.2. The third-order valence-electron chi connectivity index (χ3n) is 4.89. The van der Waals surface area contributed by atoms with Crippen molar-refractivity contribution in [3.8, 4) is 5.75 Å². The number of nitrogens with one attached hydrogen (secondary N) is 1. The largest absolute Gasteiger partial charge is 0.495 e. The molecule has 32 heavy (non-hydrogen) atoms. The molecule has 11 heteroatoms. The summed E-state index contributed by atoms with van der Waals surface area (Å²) in [6.07, 6.45) is 1.26. The number of benzene rings is 2. The molecule has 0 saturated carbocycles. The molecule has 1 N–H and O–H groups in total. The SMILES string of the molecule is CCN(CC)S(=O)(=O)c1ccc(OC)c(NC(=O)Cn2cnc3cc(Cl)ccc3c2=O)c1. The Hall–Kier alpha value is -2.95. The second-order valence-corrected chi connectivity index (χ2v) is 9.21. The number of hydrogen-bond donors (Lipinski definition) is 1. The number of hydrogen-bond acceptors (Lipinski definition) is 6. The van der Waals surface area contributed by atoms with Gasteiger partial charge >= 0.3 is 0 Å². The first-order valence-electron chi connectivity index (χ1n) is 9.84. The topological polar surface area (TPSA) is 111 Å². The highest BCUT2D eigenvalue weighted by Gasteiger charge is 2.23. The quantitative estimate of drug-likeness (QED) is 0.533. The highest BCUT2D eigenvalue weighted by molar-refractivity contribution is 7.89. The molecule has 1 heterocycles. The molecule has 3 aromatic rings. The number of anilines is 1. The molecule has 0 aliphatic carbocycles. The molecule has 0 bridgehead atoms. The lowest BCUT2D eigenvalue weighted by Gasteiger charge is -2.19. The summed E-state index contributed by atoms with van der Waals surface area (Å²) in [4.78, 5) is 29.5. The van der Waals surface area contributed by atoms with E-state index in [0.717, 1.165) is 4.57 Å². The molecule has 0 saturated heterocycles. The van der Waals surface area contributed by atoms with Gasteiger partial charge in [0.05, 0.1) is 34.9 Å². The van der Waals surface area contributed by atoms with Crippen molar-refractivity contribution in [3.63, 3.8) is 0 Å². The highest BCUT2D eigenvalue weighted by atomic mass is 35.5. The van der Waals surface area contributed by atoms with E-state index in [9.17, 15) is 18.0 Å². The smallest absolute Gasteiger partial charge is 0.261 e. The van der Waals surface area contributed by atoms with E-state index in [-0.39, 0.29) is 22.9 Å². The molecule has 2 aromatic carbocycles. The van der Waals surface area contributed by atoms with Crippen LogP contribution in [0.5, 0.6) is 5.75 Å². The second kappa shape index (κ2) is 9.68. The first-order valence-corrected chi connectivity index (χ1v) is 11.7. The van der Waals surface area contributed by atoms with Gasteiger partial charge in [-0.25, -0.2) is 13.4 Å². The van der Waals surface area contributed by atoms with Crippen LogP contribution in [0.4, 0.5) is 5.69 Å². The Morgan fingerprint density at radius 2 is 1.91 bits per heavy atom. The number of amides is 1. The summed E-state index contributed by atoms with van der Waals surface area (Å²) in [5.41, 5.74) is 0.209. The van der Waals surface area contributed by atoms with E-state index in [1.165, 1.54) is 35.9 Å². The number of rotatable bonds is 8. The lowest BCUT2D eigenvalue weighted by Crippen LogP contribution is -2.31. The minimum Gasteiger partial charge on any atom is -0.495 e. The fourth-order valence-electron chi connectivity index (χ4n) is 3.25. The summed E-state index contributed by atoms with van der Waals surface area (Å²) in [6.45, 7) is 3.80. The number of ether oxygens (including phenoxy) is 1.